The molecule has 23 heavy (non-hydrogen) atoms. The number of nitrogens with zero attached hydrogens (tertiary/aromatic N) is 1. The number of aryl methyl sites for hydroxylation is 1. The molecule has 0 amide bonds. The van der Waals surface area contributed by atoms with Gasteiger partial charge in [0.15, 0.2) is 5.11 Å². The van der Waals surface area contributed by atoms with Crippen LogP contribution in [0, 0.1) is 13.8 Å². The van der Waals surface area contributed by atoms with Crippen molar-refractivity contribution in [1.29, 1.82) is 0 Å². The average Bonchev–Trinajstić information content (AvgIpc) is 2.52. The number of thiocarbonyl (C=S) groups is 1. The van der Waals surface area contributed by atoms with Crippen LogP contribution in [0.1, 0.15) is 42.0 Å². The molecule has 0 saturated heterocycles. The first kappa shape index (κ1) is 17.2. The minimum absolute atomic E-state index is 0.480. The summed E-state index contributed by atoms with van der Waals surface area (Å²) < 4.78 is 0. The molecule has 0 radical (unpaired) electrons. The molecule has 3 nitrogen and oxygen atoms in total. The summed E-state index contributed by atoms with van der Waals surface area (Å²) in [6, 6.07) is 14.5. The lowest BCUT2D eigenvalue weighted by Gasteiger charge is -2.11. The average molecular weight is 325 g/mol. The zero-order chi connectivity index (χ0) is 16.8. The van der Waals surface area contributed by atoms with Gasteiger partial charge < -0.3 is 5.32 Å². The van der Waals surface area contributed by atoms with Crippen LogP contribution in [0.4, 0.5) is 5.69 Å². The minimum atomic E-state index is 0.480. The Morgan fingerprint density at radius 1 is 1.09 bits per heavy atom. The van der Waals surface area contributed by atoms with E-state index in [0.29, 0.717) is 11.0 Å². The second-order valence-electron chi connectivity index (χ2n) is 5.89. The minimum Gasteiger partial charge on any atom is -0.331 e. The van der Waals surface area contributed by atoms with E-state index in [9.17, 15) is 0 Å². The first-order valence-electron chi connectivity index (χ1n) is 7.73. The highest BCUT2D eigenvalue weighted by molar-refractivity contribution is 7.80. The largest absolute Gasteiger partial charge is 0.331 e. The smallest absolute Gasteiger partial charge is 0.191 e. The van der Waals surface area contributed by atoms with E-state index in [1.807, 2.05) is 12.1 Å². The summed E-state index contributed by atoms with van der Waals surface area (Å²) in [5.41, 5.74) is 8.63. The SMILES string of the molecule is Cc1cccc(NC(=S)NN=Cc2ccc(C(C)C)cc2)c1C. The Hall–Kier alpha value is -2.20. The fourth-order valence-electron chi connectivity index (χ4n) is 2.17. The van der Waals surface area contributed by atoms with Crippen LogP contribution in [0.3, 0.4) is 0 Å². The van der Waals surface area contributed by atoms with Crippen molar-refractivity contribution in [3.63, 3.8) is 0 Å². The number of hydrogen-bond acceptors (Lipinski definition) is 2. The number of benzene rings is 2. The quantitative estimate of drug-likeness (QED) is 0.484. The topological polar surface area (TPSA) is 36.4 Å². The standard InChI is InChI=1S/C19H23N3S/c1-13(2)17-10-8-16(9-11-17)12-20-22-19(23)21-18-7-5-6-14(3)15(18)4/h5-13H,1-4H3,(H2,21,22,23). The number of rotatable bonds is 4. The van der Waals surface area contributed by atoms with Crippen molar-refractivity contribution < 1.29 is 0 Å². The van der Waals surface area contributed by atoms with Crippen LogP contribution >= 0.6 is 12.2 Å². The molecule has 0 spiro atoms. The van der Waals surface area contributed by atoms with Crippen molar-refractivity contribution in [1.82, 2.24) is 5.43 Å². The van der Waals surface area contributed by atoms with Crippen LogP contribution in [-0.2, 0) is 0 Å². The molecule has 0 saturated carbocycles. The molecule has 2 N–H and O–H groups in total. The van der Waals surface area contributed by atoms with E-state index in [2.05, 4.69) is 73.9 Å². The second-order valence-corrected chi connectivity index (χ2v) is 6.30. The third kappa shape index (κ3) is 4.89. The Morgan fingerprint density at radius 3 is 2.43 bits per heavy atom. The molecule has 120 valence electrons. The summed E-state index contributed by atoms with van der Waals surface area (Å²) in [4.78, 5) is 0. The number of hydrazone groups is 1. The van der Waals surface area contributed by atoms with Crippen LogP contribution in [0.15, 0.2) is 47.6 Å². The summed E-state index contributed by atoms with van der Waals surface area (Å²) in [5.74, 6) is 0.536. The van der Waals surface area contributed by atoms with Gasteiger partial charge in [0.25, 0.3) is 0 Å². The molecule has 0 aliphatic carbocycles. The first-order chi connectivity index (χ1) is 11.0. The summed E-state index contributed by atoms with van der Waals surface area (Å²) >= 11 is 5.27. The van der Waals surface area contributed by atoms with Crippen LogP contribution in [0.5, 0.6) is 0 Å². The summed E-state index contributed by atoms with van der Waals surface area (Å²) in [7, 11) is 0. The molecule has 0 atom stereocenters. The zero-order valence-corrected chi connectivity index (χ0v) is 14.9. The predicted molar refractivity (Wildman–Crippen MR) is 103 cm³/mol. The van der Waals surface area contributed by atoms with E-state index in [4.69, 9.17) is 12.2 Å². The Bertz CT molecular complexity index is 703. The molecule has 0 heterocycles. The molecule has 0 aliphatic rings. The van der Waals surface area contributed by atoms with Gasteiger partial charge in [0.1, 0.15) is 0 Å². The highest BCUT2D eigenvalue weighted by atomic mass is 32.1. The van der Waals surface area contributed by atoms with Crippen molar-refractivity contribution in [2.45, 2.75) is 33.6 Å². The maximum Gasteiger partial charge on any atom is 0.191 e. The van der Waals surface area contributed by atoms with Crippen LogP contribution in [0.2, 0.25) is 0 Å². The van der Waals surface area contributed by atoms with Gasteiger partial charge in [0.2, 0.25) is 0 Å². The van der Waals surface area contributed by atoms with E-state index in [1.165, 1.54) is 16.7 Å². The number of hydrogen-bond donors (Lipinski definition) is 2. The third-order valence-electron chi connectivity index (χ3n) is 3.84. The summed E-state index contributed by atoms with van der Waals surface area (Å²) in [6.45, 7) is 8.51. The highest BCUT2D eigenvalue weighted by Gasteiger charge is 2.02. The lowest BCUT2D eigenvalue weighted by atomic mass is 10.0. The summed E-state index contributed by atoms with van der Waals surface area (Å²) in [5, 5.41) is 7.83. The van der Waals surface area contributed by atoms with Gasteiger partial charge >= 0.3 is 0 Å². The van der Waals surface area contributed by atoms with Crippen molar-refractivity contribution in [2.24, 2.45) is 5.10 Å². The Labute approximate surface area is 143 Å². The van der Waals surface area contributed by atoms with E-state index >= 15 is 0 Å². The third-order valence-corrected chi connectivity index (χ3v) is 4.03. The lowest BCUT2D eigenvalue weighted by Crippen LogP contribution is -2.24. The second kappa shape index (κ2) is 7.88. The van der Waals surface area contributed by atoms with Crippen LogP contribution in [0.25, 0.3) is 0 Å². The van der Waals surface area contributed by atoms with E-state index in [0.717, 1.165) is 11.3 Å². The van der Waals surface area contributed by atoms with Gasteiger partial charge in [-0.15, -0.1) is 0 Å². The predicted octanol–water partition coefficient (Wildman–Crippen LogP) is 4.75. The Kier molecular flexibility index (Phi) is 5.88. The highest BCUT2D eigenvalue weighted by Crippen LogP contribution is 2.17. The maximum absolute atomic E-state index is 5.27. The fourth-order valence-corrected chi connectivity index (χ4v) is 2.33. The lowest BCUT2D eigenvalue weighted by molar-refractivity contribution is 0.866. The van der Waals surface area contributed by atoms with E-state index < -0.39 is 0 Å². The molecular weight excluding hydrogens is 302 g/mol. The van der Waals surface area contributed by atoms with Gasteiger partial charge in [-0.05, 0) is 60.3 Å². The monoisotopic (exact) mass is 325 g/mol. The van der Waals surface area contributed by atoms with Gasteiger partial charge in [0, 0.05) is 5.69 Å². The Morgan fingerprint density at radius 2 is 1.78 bits per heavy atom. The van der Waals surface area contributed by atoms with Crippen molar-refractivity contribution >= 4 is 29.2 Å². The molecule has 0 unspecified atom stereocenters. The molecule has 4 heteroatoms. The van der Waals surface area contributed by atoms with E-state index in [-0.39, 0.29) is 0 Å². The first-order valence-corrected chi connectivity index (χ1v) is 8.14. The number of nitrogens with one attached hydrogen (secondary N) is 2. The zero-order valence-electron chi connectivity index (χ0n) is 14.1. The molecule has 0 bridgehead atoms. The molecule has 0 fully saturated rings. The van der Waals surface area contributed by atoms with Crippen LogP contribution in [-0.4, -0.2) is 11.3 Å². The van der Waals surface area contributed by atoms with Crippen molar-refractivity contribution in [2.75, 3.05) is 5.32 Å². The Balaban J connectivity index is 1.92. The van der Waals surface area contributed by atoms with Gasteiger partial charge in [-0.1, -0.05) is 50.2 Å². The van der Waals surface area contributed by atoms with Gasteiger partial charge in [-0.25, -0.2) is 0 Å². The molecule has 2 aromatic carbocycles. The summed E-state index contributed by atoms with van der Waals surface area (Å²) in [6.07, 6.45) is 1.77. The molecular formula is C19H23N3S. The fraction of sp³-hybridized carbons (Fsp3) is 0.263. The van der Waals surface area contributed by atoms with Gasteiger partial charge in [-0.2, -0.15) is 5.10 Å². The number of anilines is 1. The molecule has 0 aliphatic heterocycles. The van der Waals surface area contributed by atoms with Crippen molar-refractivity contribution in [3.8, 4) is 0 Å². The molecule has 2 rings (SSSR count). The van der Waals surface area contributed by atoms with Crippen molar-refractivity contribution in [3.05, 3.63) is 64.7 Å². The van der Waals surface area contributed by atoms with E-state index in [1.54, 1.807) is 6.21 Å². The van der Waals surface area contributed by atoms with Gasteiger partial charge in [0.05, 0.1) is 6.21 Å². The molecule has 0 aromatic heterocycles. The van der Waals surface area contributed by atoms with Crippen LogP contribution < -0.4 is 10.7 Å². The normalized spacial score (nSPS) is 11.0. The van der Waals surface area contributed by atoms with Gasteiger partial charge in [-0.3, -0.25) is 5.43 Å². The molecule has 2 aromatic rings. The maximum atomic E-state index is 5.27.